The predicted molar refractivity (Wildman–Crippen MR) is 95.1 cm³/mol. The van der Waals surface area contributed by atoms with Crippen molar-refractivity contribution in [3.05, 3.63) is 29.8 Å². The van der Waals surface area contributed by atoms with E-state index < -0.39 is 22.1 Å². The van der Waals surface area contributed by atoms with Gasteiger partial charge >= 0.3 is 5.97 Å². The molecular weight excluding hydrogens is 356 g/mol. The van der Waals surface area contributed by atoms with E-state index in [4.69, 9.17) is 4.74 Å². The normalized spacial score (nSPS) is 19.6. The second kappa shape index (κ2) is 7.75. The van der Waals surface area contributed by atoms with Crippen LogP contribution < -0.4 is 5.32 Å². The number of sulfonamides is 1. The van der Waals surface area contributed by atoms with Crippen LogP contribution in [-0.2, 0) is 19.6 Å². The zero-order valence-corrected chi connectivity index (χ0v) is 15.6. The SMILES string of the molecule is C[C@H](OC(=O)c1ccccc1S(=O)(=O)N1CCCCC1)C(=O)NC1CC1. The second-order valence-electron chi connectivity index (χ2n) is 6.79. The summed E-state index contributed by atoms with van der Waals surface area (Å²) in [5.74, 6) is -1.17. The molecule has 3 rings (SSSR count). The minimum atomic E-state index is -3.77. The van der Waals surface area contributed by atoms with Crippen molar-refractivity contribution in [2.75, 3.05) is 13.1 Å². The van der Waals surface area contributed by atoms with E-state index in [0.717, 1.165) is 32.1 Å². The molecule has 0 radical (unpaired) electrons. The van der Waals surface area contributed by atoms with Crippen LogP contribution in [0.4, 0.5) is 0 Å². The van der Waals surface area contributed by atoms with E-state index in [9.17, 15) is 18.0 Å². The maximum absolute atomic E-state index is 12.9. The molecule has 1 atom stereocenters. The summed E-state index contributed by atoms with van der Waals surface area (Å²) in [7, 11) is -3.77. The van der Waals surface area contributed by atoms with Gasteiger partial charge in [0.25, 0.3) is 5.91 Å². The fourth-order valence-electron chi connectivity index (χ4n) is 2.93. The summed E-state index contributed by atoms with van der Waals surface area (Å²) in [5, 5.41) is 2.76. The van der Waals surface area contributed by atoms with E-state index in [1.807, 2.05) is 0 Å². The van der Waals surface area contributed by atoms with E-state index in [-0.39, 0.29) is 22.4 Å². The average Bonchev–Trinajstić information content (AvgIpc) is 3.46. The number of amides is 1. The Morgan fingerprint density at radius 3 is 2.46 bits per heavy atom. The molecule has 8 heteroatoms. The zero-order chi connectivity index (χ0) is 18.7. The predicted octanol–water partition coefficient (Wildman–Crippen LogP) is 1.69. The van der Waals surface area contributed by atoms with Crippen molar-refractivity contribution < 1.29 is 22.7 Å². The zero-order valence-electron chi connectivity index (χ0n) is 14.8. The molecule has 26 heavy (non-hydrogen) atoms. The number of hydrogen-bond acceptors (Lipinski definition) is 5. The Morgan fingerprint density at radius 1 is 1.15 bits per heavy atom. The van der Waals surface area contributed by atoms with Gasteiger partial charge in [0.05, 0.1) is 10.5 Å². The van der Waals surface area contributed by atoms with Crippen LogP contribution in [-0.4, -0.2) is 49.8 Å². The molecule has 2 fully saturated rings. The summed E-state index contributed by atoms with van der Waals surface area (Å²) >= 11 is 0. The smallest absolute Gasteiger partial charge is 0.340 e. The van der Waals surface area contributed by atoms with Crippen LogP contribution in [0.25, 0.3) is 0 Å². The van der Waals surface area contributed by atoms with Crippen LogP contribution in [0.5, 0.6) is 0 Å². The Labute approximate surface area is 153 Å². The van der Waals surface area contributed by atoms with Gasteiger partial charge in [-0.15, -0.1) is 0 Å². The molecule has 1 aliphatic heterocycles. The largest absolute Gasteiger partial charge is 0.449 e. The van der Waals surface area contributed by atoms with Crippen molar-refractivity contribution in [1.29, 1.82) is 0 Å². The molecule has 1 saturated carbocycles. The van der Waals surface area contributed by atoms with Crippen LogP contribution >= 0.6 is 0 Å². The van der Waals surface area contributed by atoms with E-state index in [2.05, 4.69) is 5.32 Å². The van der Waals surface area contributed by atoms with Gasteiger partial charge in [0.2, 0.25) is 10.0 Å². The highest BCUT2D eigenvalue weighted by Gasteiger charge is 2.32. The molecule has 142 valence electrons. The molecule has 1 aliphatic carbocycles. The summed E-state index contributed by atoms with van der Waals surface area (Å²) < 4.78 is 32.5. The first-order chi connectivity index (χ1) is 12.4. The molecule has 1 saturated heterocycles. The molecule has 1 heterocycles. The molecule has 0 unspecified atom stereocenters. The standard InChI is InChI=1S/C18H24N2O5S/c1-13(17(21)19-14-9-10-14)25-18(22)15-7-3-4-8-16(15)26(23,24)20-11-5-2-6-12-20/h3-4,7-8,13-14H,2,5-6,9-12H2,1H3,(H,19,21)/t13-/m0/s1. The van der Waals surface area contributed by atoms with Crippen molar-refractivity contribution in [2.45, 2.75) is 56.1 Å². The number of piperidine rings is 1. The van der Waals surface area contributed by atoms with E-state index in [1.54, 1.807) is 12.1 Å². The van der Waals surface area contributed by atoms with Gasteiger partial charge in [0, 0.05) is 19.1 Å². The molecule has 7 nitrogen and oxygen atoms in total. The Hall–Kier alpha value is -1.93. The van der Waals surface area contributed by atoms with Crippen LogP contribution in [0.15, 0.2) is 29.2 Å². The van der Waals surface area contributed by atoms with Crippen molar-refractivity contribution in [2.24, 2.45) is 0 Å². The number of nitrogens with zero attached hydrogens (tertiary/aromatic N) is 1. The summed E-state index contributed by atoms with van der Waals surface area (Å²) in [6.45, 7) is 2.38. The lowest BCUT2D eigenvalue weighted by Crippen LogP contribution is -2.38. The monoisotopic (exact) mass is 380 g/mol. The number of nitrogens with one attached hydrogen (secondary N) is 1. The van der Waals surface area contributed by atoms with Crippen molar-refractivity contribution in [3.8, 4) is 0 Å². The van der Waals surface area contributed by atoms with Gasteiger partial charge < -0.3 is 10.1 Å². The van der Waals surface area contributed by atoms with Gasteiger partial charge in [-0.25, -0.2) is 13.2 Å². The van der Waals surface area contributed by atoms with E-state index in [1.165, 1.54) is 23.4 Å². The quantitative estimate of drug-likeness (QED) is 0.758. The second-order valence-corrected chi connectivity index (χ2v) is 8.70. The Kier molecular flexibility index (Phi) is 5.62. The van der Waals surface area contributed by atoms with Crippen LogP contribution in [0.3, 0.4) is 0 Å². The molecule has 1 amide bonds. The minimum Gasteiger partial charge on any atom is -0.449 e. The average molecular weight is 380 g/mol. The summed E-state index contributed by atoms with van der Waals surface area (Å²) in [5.41, 5.74) is -0.0378. The van der Waals surface area contributed by atoms with Gasteiger partial charge in [-0.05, 0) is 44.7 Å². The molecule has 1 N–H and O–H groups in total. The number of esters is 1. The van der Waals surface area contributed by atoms with Gasteiger partial charge in [-0.1, -0.05) is 18.6 Å². The lowest BCUT2D eigenvalue weighted by molar-refractivity contribution is -0.129. The maximum atomic E-state index is 12.9. The van der Waals surface area contributed by atoms with Crippen molar-refractivity contribution in [1.82, 2.24) is 9.62 Å². The first-order valence-electron chi connectivity index (χ1n) is 9.00. The third-order valence-electron chi connectivity index (χ3n) is 4.62. The first-order valence-corrected chi connectivity index (χ1v) is 10.4. The molecule has 0 spiro atoms. The van der Waals surface area contributed by atoms with Crippen LogP contribution in [0.1, 0.15) is 49.4 Å². The van der Waals surface area contributed by atoms with Crippen molar-refractivity contribution >= 4 is 21.9 Å². The van der Waals surface area contributed by atoms with Gasteiger partial charge in [0.1, 0.15) is 0 Å². The number of benzene rings is 1. The third-order valence-corrected chi connectivity index (χ3v) is 6.57. The fraction of sp³-hybridized carbons (Fsp3) is 0.556. The lowest BCUT2D eigenvalue weighted by Gasteiger charge is -2.26. The highest BCUT2D eigenvalue weighted by atomic mass is 32.2. The van der Waals surface area contributed by atoms with Crippen LogP contribution in [0, 0.1) is 0 Å². The summed E-state index contributed by atoms with van der Waals surface area (Å²) in [6.07, 6.45) is 3.51. The van der Waals surface area contributed by atoms with Crippen molar-refractivity contribution in [3.63, 3.8) is 0 Å². The number of hydrogen-bond donors (Lipinski definition) is 1. The third kappa shape index (κ3) is 4.24. The molecule has 2 aliphatic rings. The number of carbonyl (C=O) groups excluding carboxylic acids is 2. The number of rotatable bonds is 6. The van der Waals surface area contributed by atoms with Gasteiger partial charge in [-0.2, -0.15) is 4.31 Å². The molecule has 1 aromatic rings. The Bertz CT molecular complexity index is 783. The molecule has 1 aromatic carbocycles. The highest BCUT2D eigenvalue weighted by molar-refractivity contribution is 7.89. The number of carbonyl (C=O) groups is 2. The Morgan fingerprint density at radius 2 is 1.81 bits per heavy atom. The molecular formula is C18H24N2O5S. The first kappa shape index (κ1) is 18.8. The van der Waals surface area contributed by atoms with Gasteiger partial charge in [0.15, 0.2) is 6.10 Å². The lowest BCUT2D eigenvalue weighted by atomic mass is 10.2. The topological polar surface area (TPSA) is 92.8 Å². The summed E-state index contributed by atoms with van der Waals surface area (Å²) in [6, 6.07) is 6.16. The maximum Gasteiger partial charge on any atom is 0.340 e. The van der Waals surface area contributed by atoms with E-state index in [0.29, 0.717) is 13.1 Å². The fourth-order valence-corrected chi connectivity index (χ4v) is 4.63. The number of ether oxygens (including phenoxy) is 1. The summed E-state index contributed by atoms with van der Waals surface area (Å²) in [4.78, 5) is 24.4. The Balaban J connectivity index is 1.77. The molecule has 0 aromatic heterocycles. The van der Waals surface area contributed by atoms with Gasteiger partial charge in [-0.3, -0.25) is 4.79 Å². The van der Waals surface area contributed by atoms with Crippen LogP contribution in [0.2, 0.25) is 0 Å². The van der Waals surface area contributed by atoms with E-state index >= 15 is 0 Å². The highest BCUT2D eigenvalue weighted by Crippen LogP contribution is 2.24. The molecule has 0 bridgehead atoms. The minimum absolute atomic E-state index is 0.0378.